The molecule has 0 fully saturated rings. The minimum absolute atomic E-state index is 0.213. The van der Waals surface area contributed by atoms with Crippen molar-refractivity contribution in [1.82, 2.24) is 0 Å². The molecular weight excluding hydrogens is 280 g/mol. The summed E-state index contributed by atoms with van der Waals surface area (Å²) in [6.45, 7) is 2.14. The Morgan fingerprint density at radius 1 is 0.714 bits per heavy atom. The maximum atomic E-state index is 10.3. The third-order valence-electron chi connectivity index (χ3n) is 2.61. The van der Waals surface area contributed by atoms with E-state index < -0.39 is 11.1 Å². The highest BCUT2D eigenvalue weighted by atomic mass is 32.2. The van der Waals surface area contributed by atoms with Crippen LogP contribution in [0.5, 0.6) is 0 Å². The van der Waals surface area contributed by atoms with Crippen LogP contribution in [-0.4, -0.2) is 14.5 Å². The molecular formula is C18H27O2S-. The molecule has 0 aliphatic heterocycles. The van der Waals surface area contributed by atoms with Crippen LogP contribution < -0.4 is 0 Å². The molecule has 2 nitrogen and oxygen atoms in total. The molecule has 1 unspecified atom stereocenters. The topological polar surface area (TPSA) is 40.1 Å². The van der Waals surface area contributed by atoms with Crippen LogP contribution >= 0.6 is 0 Å². The summed E-state index contributed by atoms with van der Waals surface area (Å²) in [7, 11) is 0. The van der Waals surface area contributed by atoms with Gasteiger partial charge in [-0.1, -0.05) is 78.8 Å². The van der Waals surface area contributed by atoms with Crippen molar-refractivity contribution in [3.63, 3.8) is 0 Å². The minimum Gasteiger partial charge on any atom is -0.772 e. The molecule has 0 aromatic heterocycles. The van der Waals surface area contributed by atoms with Gasteiger partial charge in [0, 0.05) is 5.75 Å². The highest BCUT2D eigenvalue weighted by Crippen LogP contribution is 1.96. The van der Waals surface area contributed by atoms with Crippen molar-refractivity contribution in [2.75, 3.05) is 5.75 Å². The van der Waals surface area contributed by atoms with Gasteiger partial charge in [0.2, 0.25) is 0 Å². The Hall–Kier alpha value is -1.19. The number of hydrogen-bond acceptors (Lipinski definition) is 2. The van der Waals surface area contributed by atoms with Crippen molar-refractivity contribution >= 4 is 11.1 Å². The molecule has 3 heteroatoms. The first kappa shape index (κ1) is 19.8. The fraction of sp³-hybridized carbons (Fsp3) is 0.444. The minimum atomic E-state index is -1.92. The summed E-state index contributed by atoms with van der Waals surface area (Å²) in [5, 5.41) is 0. The first-order chi connectivity index (χ1) is 10.3. The summed E-state index contributed by atoms with van der Waals surface area (Å²) < 4.78 is 20.6. The van der Waals surface area contributed by atoms with E-state index in [2.05, 4.69) is 55.5 Å². The maximum Gasteiger partial charge on any atom is 0.0136 e. The van der Waals surface area contributed by atoms with Crippen LogP contribution in [0.3, 0.4) is 0 Å². The van der Waals surface area contributed by atoms with Crippen LogP contribution in [0, 0.1) is 0 Å². The lowest BCUT2D eigenvalue weighted by atomic mass is 10.2. The van der Waals surface area contributed by atoms with E-state index in [1.165, 1.54) is 0 Å². The van der Waals surface area contributed by atoms with E-state index in [0.717, 1.165) is 32.1 Å². The number of hydrogen-bond donors (Lipinski definition) is 0. The molecule has 21 heavy (non-hydrogen) atoms. The van der Waals surface area contributed by atoms with Gasteiger partial charge in [0.25, 0.3) is 0 Å². The van der Waals surface area contributed by atoms with E-state index in [-0.39, 0.29) is 5.75 Å². The van der Waals surface area contributed by atoms with Crippen LogP contribution in [0.1, 0.15) is 45.4 Å². The third-order valence-corrected chi connectivity index (χ3v) is 3.18. The molecule has 0 heterocycles. The maximum absolute atomic E-state index is 10.3. The van der Waals surface area contributed by atoms with Crippen LogP contribution in [0.25, 0.3) is 0 Å². The fourth-order valence-electron chi connectivity index (χ4n) is 1.53. The molecule has 0 saturated heterocycles. The normalized spacial score (nSPS) is 14.6. The highest BCUT2D eigenvalue weighted by Gasteiger charge is 1.80. The van der Waals surface area contributed by atoms with E-state index in [1.807, 2.05) is 12.2 Å². The second kappa shape index (κ2) is 16.9. The standard InChI is InChI=1S/C18H28O2S/c1-2-3-4-5-6-7-8-9-10-11-12-13-14-15-16-17-18-21(19)20/h3-4,6-7,9-10,12-13,15-16H,2,5,8,11,14,17-18H2,1H3,(H,19,20)/p-1/b4-3-,7-6-,10-9-,13-12-,16-15-. The number of rotatable bonds is 12. The Morgan fingerprint density at radius 3 is 1.48 bits per heavy atom. The Morgan fingerprint density at radius 2 is 1.10 bits per heavy atom. The van der Waals surface area contributed by atoms with Gasteiger partial charge in [-0.3, -0.25) is 4.21 Å². The van der Waals surface area contributed by atoms with Gasteiger partial charge >= 0.3 is 0 Å². The summed E-state index contributed by atoms with van der Waals surface area (Å²) in [6.07, 6.45) is 26.7. The quantitative estimate of drug-likeness (QED) is 0.376. The molecule has 0 aliphatic rings. The summed E-state index contributed by atoms with van der Waals surface area (Å²) in [5.41, 5.74) is 0. The molecule has 0 aromatic carbocycles. The smallest absolute Gasteiger partial charge is 0.0136 e. The van der Waals surface area contributed by atoms with Crippen molar-refractivity contribution in [2.45, 2.75) is 45.4 Å². The van der Waals surface area contributed by atoms with Gasteiger partial charge in [0.1, 0.15) is 0 Å². The zero-order valence-electron chi connectivity index (χ0n) is 12.9. The first-order valence-corrected chi connectivity index (χ1v) is 8.82. The van der Waals surface area contributed by atoms with Crippen LogP contribution in [0.15, 0.2) is 60.8 Å². The van der Waals surface area contributed by atoms with E-state index >= 15 is 0 Å². The van der Waals surface area contributed by atoms with Crippen LogP contribution in [0.4, 0.5) is 0 Å². The first-order valence-electron chi connectivity index (χ1n) is 7.58. The Balaban J connectivity index is 3.47. The lowest BCUT2D eigenvalue weighted by molar-refractivity contribution is 0.537. The van der Waals surface area contributed by atoms with Gasteiger partial charge in [-0.2, -0.15) is 0 Å². The van der Waals surface area contributed by atoms with E-state index in [9.17, 15) is 8.76 Å². The third kappa shape index (κ3) is 18.8. The summed E-state index contributed by atoms with van der Waals surface area (Å²) >= 11 is -1.92. The van der Waals surface area contributed by atoms with Gasteiger partial charge in [0.05, 0.1) is 0 Å². The second-order valence-electron chi connectivity index (χ2n) is 4.50. The lowest BCUT2D eigenvalue weighted by Gasteiger charge is -1.99. The average molecular weight is 307 g/mol. The van der Waals surface area contributed by atoms with E-state index in [0.29, 0.717) is 6.42 Å². The molecule has 0 saturated carbocycles. The van der Waals surface area contributed by atoms with Crippen LogP contribution in [0.2, 0.25) is 0 Å². The fourth-order valence-corrected chi connectivity index (χ4v) is 1.86. The Labute approximate surface area is 132 Å². The average Bonchev–Trinajstić information content (AvgIpc) is 2.46. The van der Waals surface area contributed by atoms with Gasteiger partial charge in [-0.05, 0) is 38.5 Å². The van der Waals surface area contributed by atoms with Crippen molar-refractivity contribution in [1.29, 1.82) is 0 Å². The predicted molar refractivity (Wildman–Crippen MR) is 92.9 cm³/mol. The largest absolute Gasteiger partial charge is 0.772 e. The van der Waals surface area contributed by atoms with Gasteiger partial charge in [-0.15, -0.1) is 0 Å². The molecule has 0 rings (SSSR count). The van der Waals surface area contributed by atoms with E-state index in [1.54, 1.807) is 0 Å². The van der Waals surface area contributed by atoms with Crippen molar-refractivity contribution in [3.8, 4) is 0 Å². The van der Waals surface area contributed by atoms with Gasteiger partial charge in [0.15, 0.2) is 0 Å². The summed E-state index contributed by atoms with van der Waals surface area (Å²) in [5.74, 6) is 0.213. The predicted octanol–water partition coefficient (Wildman–Crippen LogP) is 5.01. The molecule has 0 bridgehead atoms. The van der Waals surface area contributed by atoms with Crippen LogP contribution in [-0.2, 0) is 11.1 Å². The Kier molecular flexibility index (Phi) is 15.9. The Bertz CT molecular complexity index is 390. The summed E-state index contributed by atoms with van der Waals surface area (Å²) in [6, 6.07) is 0. The van der Waals surface area contributed by atoms with Crippen molar-refractivity contribution in [3.05, 3.63) is 60.8 Å². The highest BCUT2D eigenvalue weighted by molar-refractivity contribution is 7.79. The zero-order chi connectivity index (χ0) is 15.6. The lowest BCUT2D eigenvalue weighted by Crippen LogP contribution is -1.92. The monoisotopic (exact) mass is 307 g/mol. The number of allylic oxidation sites excluding steroid dienone is 10. The molecule has 0 N–H and O–H groups in total. The van der Waals surface area contributed by atoms with Gasteiger partial charge < -0.3 is 4.55 Å². The van der Waals surface area contributed by atoms with Crippen molar-refractivity contribution < 1.29 is 8.76 Å². The second-order valence-corrected chi connectivity index (χ2v) is 5.52. The molecule has 0 radical (unpaired) electrons. The molecule has 0 spiro atoms. The summed E-state index contributed by atoms with van der Waals surface area (Å²) in [4.78, 5) is 0. The zero-order valence-corrected chi connectivity index (χ0v) is 13.8. The SMILES string of the molecule is CC/C=C\C/C=C\C/C=C\C/C=C\C/C=C\CCS(=O)[O-]. The van der Waals surface area contributed by atoms with Gasteiger partial charge in [-0.25, -0.2) is 0 Å². The molecule has 118 valence electrons. The molecule has 0 aromatic rings. The van der Waals surface area contributed by atoms with E-state index in [4.69, 9.17) is 0 Å². The molecule has 0 aliphatic carbocycles. The molecule has 0 amide bonds. The molecule has 1 atom stereocenters. The van der Waals surface area contributed by atoms with Crippen molar-refractivity contribution in [2.24, 2.45) is 0 Å².